The summed E-state index contributed by atoms with van der Waals surface area (Å²) in [6.07, 6.45) is 3.60. The number of pyridine rings is 2. The van der Waals surface area contributed by atoms with Crippen LogP contribution in [0.3, 0.4) is 0 Å². The van der Waals surface area contributed by atoms with Crippen molar-refractivity contribution < 1.29 is 76.3 Å². The first kappa shape index (κ1) is 37.0. The number of rotatable bonds is 2. The Morgan fingerprint density at radius 2 is 1.18 bits per heavy atom. The van der Waals surface area contributed by atoms with Gasteiger partial charge in [-0.1, -0.05) is 24.3 Å². The fraction of sp³-hybridized carbons (Fsp3) is 0. The molecule has 183 valence electrons. The van der Waals surface area contributed by atoms with Crippen LogP contribution in [0.25, 0.3) is 21.8 Å². The molecule has 13 heteroatoms. The van der Waals surface area contributed by atoms with Gasteiger partial charge >= 0.3 is 23.0 Å². The van der Waals surface area contributed by atoms with Crippen LogP contribution < -0.4 is 17.5 Å². The summed E-state index contributed by atoms with van der Waals surface area (Å²) in [6, 6.07) is 14.9. The van der Waals surface area contributed by atoms with Crippen molar-refractivity contribution in [2.45, 2.75) is 0 Å². The molecule has 4 aromatic rings. The molecule has 10 N–H and O–H groups in total. The molecule has 0 bridgehead atoms. The minimum Gasteiger partial charge on any atom is -1.00 e. The third-order valence-corrected chi connectivity index (χ3v) is 3.75. The Kier molecular flexibility index (Phi) is 18.3. The first-order chi connectivity index (χ1) is 13.0. The van der Waals surface area contributed by atoms with Gasteiger partial charge in [0.25, 0.3) is 0 Å². The summed E-state index contributed by atoms with van der Waals surface area (Å²) in [5, 5.41) is 30.0. The molecule has 2 aromatic carbocycles. The zero-order valence-electron chi connectivity index (χ0n) is 16.5. The zero-order chi connectivity index (χ0) is 19.4. The van der Waals surface area contributed by atoms with Gasteiger partial charge in [0.05, 0.1) is 22.6 Å². The summed E-state index contributed by atoms with van der Waals surface area (Å²) < 4.78 is 0. The van der Waals surface area contributed by atoms with Crippen molar-refractivity contribution in [1.82, 2.24) is 9.97 Å². The van der Waals surface area contributed by atoms with Crippen molar-refractivity contribution in [3.05, 3.63) is 78.1 Å². The van der Waals surface area contributed by atoms with Gasteiger partial charge < -0.3 is 54.4 Å². The Hall–Kier alpha value is -3.35. The maximum absolute atomic E-state index is 10.4. The van der Waals surface area contributed by atoms with Crippen molar-refractivity contribution in [2.75, 3.05) is 0 Å². The van der Waals surface area contributed by atoms with E-state index in [1.165, 1.54) is 0 Å². The second-order valence-electron chi connectivity index (χ2n) is 5.58. The molecule has 1 radical (unpaired) electrons. The van der Waals surface area contributed by atoms with E-state index in [0.29, 0.717) is 0 Å². The number of carboxylic acid groups (broad SMARTS) is 2. The maximum Gasteiger partial charge on any atom is 2.00 e. The van der Waals surface area contributed by atoms with E-state index in [4.69, 9.17) is 10.2 Å². The number of aromatic hydroxyl groups is 1. The molecule has 0 saturated heterocycles. The normalized spacial score (nSPS) is 8.36. The van der Waals surface area contributed by atoms with Gasteiger partial charge in [-0.3, -0.25) is 9.97 Å². The van der Waals surface area contributed by atoms with Crippen molar-refractivity contribution in [3.63, 3.8) is 0 Å². The van der Waals surface area contributed by atoms with E-state index in [1.807, 2.05) is 12.1 Å². The first-order valence-electron chi connectivity index (χ1n) is 7.83. The molecule has 4 rings (SSSR count). The van der Waals surface area contributed by atoms with Crippen LogP contribution in [0.1, 0.15) is 20.7 Å². The van der Waals surface area contributed by atoms with E-state index in [2.05, 4.69) is 34.2 Å². The monoisotopic (exact) mass is 531 g/mol. The molecule has 2 heterocycles. The third kappa shape index (κ3) is 8.96. The van der Waals surface area contributed by atoms with Crippen LogP contribution in [0.4, 0.5) is 0 Å². The summed E-state index contributed by atoms with van der Waals surface area (Å²) >= 11 is 0. The fourth-order valence-corrected chi connectivity index (χ4v) is 2.53. The number of aromatic carboxylic acids is 2. The van der Waals surface area contributed by atoms with Crippen molar-refractivity contribution >= 4 is 33.7 Å². The summed E-state index contributed by atoms with van der Waals surface area (Å²) in [6.45, 7) is 0. The number of benzene rings is 2. The van der Waals surface area contributed by atoms with Gasteiger partial charge in [0.2, 0.25) is 0 Å². The summed E-state index contributed by atoms with van der Waals surface area (Å²) in [5.41, 5.74) is 1.30. The van der Waals surface area contributed by atoms with Gasteiger partial charge in [-0.05, 0) is 30.3 Å². The molecule has 2 aromatic heterocycles. The number of halogens is 1. The Balaban J connectivity index is -0.000000216. The van der Waals surface area contributed by atoms with E-state index >= 15 is 0 Å². The SMILES string of the molecule is O.O.O.O.O=C([O-])c1cc(O)cc(C(=O)O)c1.[Cl-].[Cu+2].c1cnc2c(c1)ccc1cccnc12. The minimum absolute atomic E-state index is 0. The van der Waals surface area contributed by atoms with Gasteiger partial charge in [-0.25, -0.2) is 4.79 Å². The van der Waals surface area contributed by atoms with Crippen LogP contribution >= 0.6 is 0 Å². The standard InChI is InChI=1S/C12H8N2.C8H6O5.ClH.Cu.4H2O/c1-3-9-5-6-10-4-2-8-14-12(10)11(9)13-7-1;9-6-2-4(7(10)11)1-5(3-6)8(12)13;;;;;;/h1-8H;1-3,9H,(H,10,11)(H,12,13);1H;;4*1H2/q;;;+2;;;;/p-2. The molecule has 11 nitrogen and oxygen atoms in total. The molecule has 0 atom stereocenters. The molecular formula is C20H21ClCuN2O9. The molecule has 0 amide bonds. The van der Waals surface area contributed by atoms with Gasteiger partial charge in [-0.2, -0.15) is 0 Å². The van der Waals surface area contributed by atoms with Crippen molar-refractivity contribution in [2.24, 2.45) is 0 Å². The number of phenolic OH excluding ortho intramolecular Hbond substituents is 1. The second kappa shape index (κ2) is 16.3. The minimum atomic E-state index is -1.53. The molecule has 33 heavy (non-hydrogen) atoms. The molecule has 0 spiro atoms. The smallest absolute Gasteiger partial charge is 1.00 e. The largest absolute Gasteiger partial charge is 2.00 e. The summed E-state index contributed by atoms with van der Waals surface area (Å²) in [4.78, 5) is 29.4. The predicted molar refractivity (Wildman–Crippen MR) is 111 cm³/mol. The quantitative estimate of drug-likeness (QED) is 0.191. The number of nitrogens with zero attached hydrogens (tertiary/aromatic N) is 2. The van der Waals surface area contributed by atoms with E-state index in [9.17, 15) is 14.7 Å². The van der Waals surface area contributed by atoms with Crippen LogP contribution in [0, 0.1) is 0 Å². The Bertz CT molecular complexity index is 1090. The second-order valence-corrected chi connectivity index (χ2v) is 5.58. The number of phenols is 1. The average Bonchev–Trinajstić information content (AvgIpc) is 2.68. The average molecular weight is 532 g/mol. The number of hydrogen-bond donors (Lipinski definition) is 2. The van der Waals surface area contributed by atoms with E-state index < -0.39 is 17.7 Å². The molecule has 0 saturated carbocycles. The molecule has 0 aliphatic rings. The van der Waals surface area contributed by atoms with Crippen LogP contribution in [-0.4, -0.2) is 54.0 Å². The topological polar surface area (TPSA) is 249 Å². The van der Waals surface area contributed by atoms with E-state index in [-0.39, 0.29) is 62.5 Å². The van der Waals surface area contributed by atoms with Gasteiger partial charge in [0.1, 0.15) is 5.75 Å². The molecule has 0 aliphatic heterocycles. The summed E-state index contributed by atoms with van der Waals surface area (Å²) in [7, 11) is 0. The van der Waals surface area contributed by atoms with Crippen molar-refractivity contribution in [3.8, 4) is 5.75 Å². The number of aromatic nitrogens is 2. The van der Waals surface area contributed by atoms with Crippen molar-refractivity contribution in [1.29, 1.82) is 0 Å². The first-order valence-corrected chi connectivity index (χ1v) is 7.83. The number of hydrogen-bond acceptors (Lipinski definition) is 6. The van der Waals surface area contributed by atoms with Gasteiger partial charge in [0, 0.05) is 28.7 Å². The number of carbonyl (C=O) groups excluding carboxylic acids is 1. The fourth-order valence-electron chi connectivity index (χ4n) is 2.53. The van der Waals surface area contributed by atoms with Gasteiger partial charge in [-0.15, -0.1) is 0 Å². The molecular weight excluding hydrogens is 511 g/mol. The maximum atomic E-state index is 10.4. The van der Waals surface area contributed by atoms with Crippen LogP contribution in [-0.2, 0) is 17.1 Å². The molecule has 0 fully saturated rings. The van der Waals surface area contributed by atoms with E-state index in [0.717, 1.165) is 40.0 Å². The van der Waals surface area contributed by atoms with Crippen LogP contribution in [0.5, 0.6) is 5.75 Å². The van der Waals surface area contributed by atoms with E-state index in [1.54, 1.807) is 12.4 Å². The Morgan fingerprint density at radius 1 is 0.758 bits per heavy atom. The zero-order valence-corrected chi connectivity index (χ0v) is 18.2. The predicted octanol–water partition coefficient (Wildman–Crippen LogP) is -4.06. The Labute approximate surface area is 203 Å². The molecule has 0 unspecified atom stereocenters. The summed E-state index contributed by atoms with van der Waals surface area (Å²) in [5.74, 6) is -3.25. The third-order valence-electron chi connectivity index (χ3n) is 3.75. The molecule has 0 aliphatic carbocycles. The number of carbonyl (C=O) groups is 2. The Morgan fingerprint density at radius 3 is 1.58 bits per heavy atom. The number of carboxylic acids is 2. The number of fused-ring (bicyclic) bond motifs is 3. The van der Waals surface area contributed by atoms with Crippen LogP contribution in [0.15, 0.2) is 67.0 Å². The van der Waals surface area contributed by atoms with Gasteiger partial charge in [0.15, 0.2) is 0 Å². The van der Waals surface area contributed by atoms with Crippen LogP contribution in [0.2, 0.25) is 0 Å².